The van der Waals surface area contributed by atoms with E-state index in [1.54, 1.807) is 23.0 Å². The van der Waals surface area contributed by atoms with Crippen LogP contribution in [0.25, 0.3) is 27.6 Å². The summed E-state index contributed by atoms with van der Waals surface area (Å²) in [7, 11) is 0. The van der Waals surface area contributed by atoms with Crippen LogP contribution in [0.2, 0.25) is 5.02 Å². The third-order valence-electron chi connectivity index (χ3n) is 5.03. The summed E-state index contributed by atoms with van der Waals surface area (Å²) in [6, 6.07) is 18.8. The number of pyridine rings is 2. The van der Waals surface area contributed by atoms with Crippen LogP contribution in [0.5, 0.6) is 0 Å². The molecule has 0 atom stereocenters. The fraction of sp³-hybridized carbons (Fsp3) is 0.0833. The summed E-state index contributed by atoms with van der Waals surface area (Å²) in [6.45, 7) is 1.96. The van der Waals surface area contributed by atoms with Crippen molar-refractivity contribution in [2.45, 2.75) is 17.8 Å². The average molecular weight is 445 g/mol. The van der Waals surface area contributed by atoms with E-state index in [-0.39, 0.29) is 5.56 Å². The van der Waals surface area contributed by atoms with Crippen LogP contribution < -0.4 is 5.56 Å². The van der Waals surface area contributed by atoms with E-state index >= 15 is 0 Å². The molecule has 0 aliphatic rings. The van der Waals surface area contributed by atoms with E-state index in [1.165, 1.54) is 11.8 Å². The second kappa shape index (κ2) is 8.13. The van der Waals surface area contributed by atoms with Crippen molar-refractivity contribution < 1.29 is 0 Å². The Kier molecular flexibility index (Phi) is 5.18. The smallest absolute Gasteiger partial charge is 0.267 e. The third kappa shape index (κ3) is 3.69. The van der Waals surface area contributed by atoms with Crippen LogP contribution in [0.1, 0.15) is 11.1 Å². The van der Waals surface area contributed by atoms with Crippen LogP contribution >= 0.6 is 23.4 Å². The van der Waals surface area contributed by atoms with Crippen LogP contribution in [-0.4, -0.2) is 19.5 Å². The molecule has 5 nitrogen and oxygen atoms in total. The lowest BCUT2D eigenvalue weighted by Crippen LogP contribution is -2.22. The Morgan fingerprint density at radius 2 is 1.81 bits per heavy atom. The summed E-state index contributed by atoms with van der Waals surface area (Å²) in [4.78, 5) is 27.1. The first kappa shape index (κ1) is 19.7. The highest BCUT2D eigenvalue weighted by atomic mass is 35.5. The lowest BCUT2D eigenvalue weighted by molar-refractivity contribution is 0.794. The Morgan fingerprint density at radius 1 is 0.968 bits per heavy atom. The summed E-state index contributed by atoms with van der Waals surface area (Å²) < 4.78 is 1.58. The Balaban J connectivity index is 1.63. The normalized spacial score (nSPS) is 11.3. The number of para-hydroxylation sites is 1. The topological polar surface area (TPSA) is 60.7 Å². The molecule has 2 aromatic carbocycles. The van der Waals surface area contributed by atoms with Gasteiger partial charge in [0.05, 0.1) is 16.4 Å². The molecular formula is C24H17ClN4OS. The first-order chi connectivity index (χ1) is 15.1. The third-order valence-corrected chi connectivity index (χ3v) is 6.34. The number of aryl methyl sites for hydroxylation is 1. The number of hydrogen-bond donors (Lipinski definition) is 0. The minimum absolute atomic E-state index is 0.136. The molecule has 0 bridgehead atoms. The summed E-state index contributed by atoms with van der Waals surface area (Å²) in [6.07, 6.45) is 3.51. The van der Waals surface area contributed by atoms with Crippen LogP contribution in [0.3, 0.4) is 0 Å². The van der Waals surface area contributed by atoms with Crippen molar-refractivity contribution in [2.75, 3.05) is 0 Å². The molecular weight excluding hydrogens is 428 g/mol. The summed E-state index contributed by atoms with van der Waals surface area (Å²) in [5.74, 6) is 1.14. The van der Waals surface area contributed by atoms with Crippen molar-refractivity contribution in [3.63, 3.8) is 0 Å². The second-order valence-corrected chi connectivity index (χ2v) is 8.49. The van der Waals surface area contributed by atoms with Crippen molar-refractivity contribution in [1.29, 1.82) is 0 Å². The van der Waals surface area contributed by atoms with Gasteiger partial charge < -0.3 is 0 Å². The molecule has 0 aliphatic carbocycles. The molecule has 5 aromatic rings. The van der Waals surface area contributed by atoms with E-state index in [1.807, 2.05) is 61.5 Å². The fourth-order valence-electron chi connectivity index (χ4n) is 3.46. The SMILES string of the molecule is Cc1ccc(-n2c(SCc3ccc(Cl)c4cccnc34)nc3ccccc3c2=O)nc1. The van der Waals surface area contributed by atoms with Gasteiger partial charge in [0.2, 0.25) is 0 Å². The fourth-order valence-corrected chi connectivity index (χ4v) is 4.66. The Bertz CT molecular complexity index is 1480. The largest absolute Gasteiger partial charge is 0.268 e. The number of benzene rings is 2. The second-order valence-electron chi connectivity index (χ2n) is 7.14. The van der Waals surface area contributed by atoms with E-state index in [0.717, 1.165) is 22.0 Å². The van der Waals surface area contributed by atoms with E-state index < -0.39 is 0 Å². The van der Waals surface area contributed by atoms with Crippen LogP contribution in [0.15, 0.2) is 83.0 Å². The van der Waals surface area contributed by atoms with E-state index in [0.29, 0.717) is 32.7 Å². The van der Waals surface area contributed by atoms with Crippen molar-refractivity contribution >= 4 is 45.2 Å². The molecule has 0 aliphatic heterocycles. The minimum atomic E-state index is -0.136. The number of hydrogen-bond acceptors (Lipinski definition) is 5. The van der Waals surface area contributed by atoms with Crippen molar-refractivity contribution in [3.05, 3.63) is 99.6 Å². The molecule has 0 radical (unpaired) electrons. The van der Waals surface area contributed by atoms with Crippen molar-refractivity contribution in [1.82, 2.24) is 19.5 Å². The quantitative estimate of drug-likeness (QED) is 0.267. The number of nitrogens with zero attached hydrogens (tertiary/aromatic N) is 4. The highest BCUT2D eigenvalue weighted by molar-refractivity contribution is 7.98. The van der Waals surface area contributed by atoms with Gasteiger partial charge >= 0.3 is 0 Å². The lowest BCUT2D eigenvalue weighted by atomic mass is 10.1. The molecule has 0 saturated carbocycles. The van der Waals surface area contributed by atoms with Gasteiger partial charge in [-0.2, -0.15) is 0 Å². The monoisotopic (exact) mass is 444 g/mol. The maximum Gasteiger partial charge on any atom is 0.267 e. The molecule has 0 unspecified atom stereocenters. The summed E-state index contributed by atoms with van der Waals surface area (Å²) >= 11 is 7.82. The average Bonchev–Trinajstić information content (AvgIpc) is 2.80. The van der Waals surface area contributed by atoms with Gasteiger partial charge in [-0.05, 0) is 54.4 Å². The number of fused-ring (bicyclic) bond motifs is 2. The molecule has 0 N–H and O–H groups in total. The van der Waals surface area contributed by atoms with Gasteiger partial charge in [-0.3, -0.25) is 9.78 Å². The van der Waals surface area contributed by atoms with Gasteiger partial charge in [0.1, 0.15) is 5.82 Å². The zero-order valence-corrected chi connectivity index (χ0v) is 18.2. The van der Waals surface area contributed by atoms with E-state index in [2.05, 4.69) is 9.97 Å². The Labute approximate surface area is 187 Å². The standard InChI is InChI=1S/C24H17ClN4OS/c1-15-8-11-21(27-13-15)29-23(30)18-5-2-3-7-20(18)28-24(29)31-14-16-9-10-19(25)17-6-4-12-26-22(16)17/h2-13H,14H2,1H3. The molecule has 0 saturated heterocycles. The summed E-state index contributed by atoms with van der Waals surface area (Å²) in [5, 5.41) is 2.72. The maximum atomic E-state index is 13.3. The molecule has 0 fully saturated rings. The van der Waals surface area contributed by atoms with Crippen LogP contribution in [0.4, 0.5) is 0 Å². The van der Waals surface area contributed by atoms with Gasteiger partial charge in [0.25, 0.3) is 5.56 Å². The number of thioether (sulfide) groups is 1. The zero-order valence-electron chi connectivity index (χ0n) is 16.6. The first-order valence-electron chi connectivity index (χ1n) is 9.71. The number of halogens is 1. The van der Waals surface area contributed by atoms with Crippen LogP contribution in [-0.2, 0) is 5.75 Å². The van der Waals surface area contributed by atoms with Crippen molar-refractivity contribution in [2.24, 2.45) is 0 Å². The summed E-state index contributed by atoms with van der Waals surface area (Å²) in [5.41, 5.74) is 3.43. The van der Waals surface area contributed by atoms with Crippen LogP contribution in [0, 0.1) is 6.92 Å². The van der Waals surface area contributed by atoms with Gasteiger partial charge in [0.15, 0.2) is 5.16 Å². The molecule has 0 amide bonds. The van der Waals surface area contributed by atoms with Gasteiger partial charge in [-0.1, -0.05) is 47.6 Å². The van der Waals surface area contributed by atoms with Gasteiger partial charge in [0, 0.05) is 28.6 Å². The molecule has 31 heavy (non-hydrogen) atoms. The Hall–Kier alpha value is -3.22. The molecule has 3 heterocycles. The molecule has 3 aromatic heterocycles. The maximum absolute atomic E-state index is 13.3. The van der Waals surface area contributed by atoms with Gasteiger partial charge in [-0.15, -0.1) is 0 Å². The predicted molar refractivity (Wildman–Crippen MR) is 126 cm³/mol. The lowest BCUT2D eigenvalue weighted by Gasteiger charge is -2.13. The minimum Gasteiger partial charge on any atom is -0.268 e. The van der Waals surface area contributed by atoms with E-state index in [9.17, 15) is 4.79 Å². The van der Waals surface area contributed by atoms with Crippen molar-refractivity contribution in [3.8, 4) is 5.82 Å². The highest BCUT2D eigenvalue weighted by Crippen LogP contribution is 2.30. The van der Waals surface area contributed by atoms with E-state index in [4.69, 9.17) is 16.6 Å². The Morgan fingerprint density at radius 3 is 2.65 bits per heavy atom. The molecule has 5 rings (SSSR count). The van der Waals surface area contributed by atoms with Gasteiger partial charge in [-0.25, -0.2) is 14.5 Å². The molecule has 0 spiro atoms. The molecule has 7 heteroatoms. The highest BCUT2D eigenvalue weighted by Gasteiger charge is 2.15. The number of rotatable bonds is 4. The predicted octanol–water partition coefficient (Wildman–Crippen LogP) is 5.58. The molecule has 152 valence electrons. The first-order valence-corrected chi connectivity index (χ1v) is 11.1. The zero-order chi connectivity index (χ0) is 21.4. The number of aromatic nitrogens is 4.